The first-order valence-electron chi connectivity index (χ1n) is 12.1. The predicted molar refractivity (Wildman–Crippen MR) is 142 cm³/mol. The lowest BCUT2D eigenvalue weighted by atomic mass is 10.0. The molecule has 4 aromatic rings. The minimum absolute atomic E-state index is 0.101. The molecule has 8 heteroatoms. The number of aliphatic carboxylic acids is 1. The molecule has 3 aromatic carbocycles. The maximum absolute atomic E-state index is 13.3. The minimum atomic E-state index is -0.942. The molecule has 1 unspecified atom stereocenters. The molecule has 0 fully saturated rings. The fourth-order valence-corrected chi connectivity index (χ4v) is 5.53. The van der Waals surface area contributed by atoms with E-state index >= 15 is 0 Å². The molecule has 0 bridgehead atoms. The van der Waals surface area contributed by atoms with Crippen LogP contribution in [0, 0.1) is 5.82 Å². The van der Waals surface area contributed by atoms with E-state index in [0.717, 1.165) is 40.4 Å². The van der Waals surface area contributed by atoms with Crippen LogP contribution in [0.2, 0.25) is 0 Å². The number of amides is 1. The summed E-state index contributed by atoms with van der Waals surface area (Å²) in [5.41, 5.74) is 7.02. The molecule has 188 valence electrons. The number of carbonyl (C=O) groups excluding carboxylic acids is 1. The maximum Gasteiger partial charge on any atom is 0.305 e. The van der Waals surface area contributed by atoms with Crippen LogP contribution in [0.1, 0.15) is 50.8 Å². The number of hydrogen-bond donors (Lipinski definition) is 3. The van der Waals surface area contributed by atoms with E-state index in [9.17, 15) is 14.0 Å². The molecule has 1 aliphatic carbocycles. The lowest BCUT2D eigenvalue weighted by molar-refractivity contribution is -0.136. The number of carbonyl (C=O) groups is 2. The third-order valence-corrected chi connectivity index (χ3v) is 7.48. The van der Waals surface area contributed by atoms with Gasteiger partial charge in [0.2, 0.25) is 0 Å². The topological polar surface area (TPSA) is 91.3 Å². The van der Waals surface area contributed by atoms with E-state index in [-0.39, 0.29) is 30.6 Å². The monoisotopic (exact) mass is 515 g/mol. The van der Waals surface area contributed by atoms with Crippen molar-refractivity contribution in [2.45, 2.75) is 31.7 Å². The molecule has 0 saturated heterocycles. The number of aryl methyl sites for hydroxylation is 1. The second kappa shape index (κ2) is 10.9. The first kappa shape index (κ1) is 24.6. The smallest absolute Gasteiger partial charge is 0.305 e. The molecule has 0 saturated carbocycles. The summed E-state index contributed by atoms with van der Waals surface area (Å²) in [5, 5.41) is 17.9. The van der Waals surface area contributed by atoms with Gasteiger partial charge in [-0.05, 0) is 78.1 Å². The largest absolute Gasteiger partial charge is 0.481 e. The molecule has 6 nitrogen and oxygen atoms in total. The standard InChI is InChI=1S/C29H26FN3O3S/c30-22-8-5-19(6-9-22)26-17-37-29(33-26)25-11-7-21-15-23(10-12-24(21)25)32-16-18-1-3-20(4-2-18)28(36)31-14-13-27(34)35/h1-6,8-10,12,15,17,25,32H,7,11,13-14,16H2,(H,31,36)(H,34,35). The number of hydrogen-bond acceptors (Lipinski definition) is 5. The summed E-state index contributed by atoms with van der Waals surface area (Å²) < 4.78 is 13.3. The summed E-state index contributed by atoms with van der Waals surface area (Å²) in [4.78, 5) is 27.5. The van der Waals surface area contributed by atoms with E-state index in [1.807, 2.05) is 17.5 Å². The van der Waals surface area contributed by atoms with E-state index in [1.54, 1.807) is 35.6 Å². The van der Waals surface area contributed by atoms with Crippen LogP contribution in [0.4, 0.5) is 10.1 Å². The van der Waals surface area contributed by atoms with Crippen LogP contribution in [0.3, 0.4) is 0 Å². The number of nitrogens with zero attached hydrogens (tertiary/aromatic N) is 1. The summed E-state index contributed by atoms with van der Waals surface area (Å²) in [6.45, 7) is 0.727. The highest BCUT2D eigenvalue weighted by molar-refractivity contribution is 7.10. The summed E-state index contributed by atoms with van der Waals surface area (Å²) in [5.74, 6) is -1.19. The van der Waals surface area contributed by atoms with Crippen molar-refractivity contribution in [2.75, 3.05) is 11.9 Å². The molecule has 0 radical (unpaired) electrons. The van der Waals surface area contributed by atoms with Gasteiger partial charge in [0, 0.05) is 41.2 Å². The Bertz CT molecular complexity index is 1420. The summed E-state index contributed by atoms with van der Waals surface area (Å²) in [7, 11) is 0. The number of fused-ring (bicyclic) bond motifs is 1. The number of nitrogens with one attached hydrogen (secondary N) is 2. The van der Waals surface area contributed by atoms with Crippen molar-refractivity contribution < 1.29 is 19.1 Å². The second-order valence-corrected chi connectivity index (χ2v) is 9.92. The maximum atomic E-state index is 13.3. The van der Waals surface area contributed by atoms with Crippen LogP contribution >= 0.6 is 11.3 Å². The van der Waals surface area contributed by atoms with Crippen molar-refractivity contribution in [1.29, 1.82) is 0 Å². The van der Waals surface area contributed by atoms with Crippen molar-refractivity contribution >= 4 is 28.9 Å². The van der Waals surface area contributed by atoms with Gasteiger partial charge < -0.3 is 15.7 Å². The van der Waals surface area contributed by atoms with Gasteiger partial charge in [0.25, 0.3) is 5.91 Å². The predicted octanol–water partition coefficient (Wildman–Crippen LogP) is 5.84. The van der Waals surface area contributed by atoms with E-state index in [1.165, 1.54) is 23.3 Å². The van der Waals surface area contributed by atoms with E-state index in [4.69, 9.17) is 10.1 Å². The molecule has 0 spiro atoms. The summed E-state index contributed by atoms with van der Waals surface area (Å²) >= 11 is 1.65. The highest BCUT2D eigenvalue weighted by atomic mass is 32.1. The highest BCUT2D eigenvalue weighted by Gasteiger charge is 2.26. The number of carboxylic acids is 1. The normalized spacial score (nSPS) is 14.2. The Balaban J connectivity index is 1.19. The number of aromatic nitrogens is 1. The van der Waals surface area contributed by atoms with Gasteiger partial charge in [-0.3, -0.25) is 9.59 Å². The van der Waals surface area contributed by atoms with Crippen molar-refractivity contribution in [3.63, 3.8) is 0 Å². The third-order valence-electron chi connectivity index (χ3n) is 6.52. The van der Waals surface area contributed by atoms with E-state index in [2.05, 4.69) is 28.8 Å². The second-order valence-electron chi connectivity index (χ2n) is 9.03. The number of thiazole rings is 1. The molecular weight excluding hydrogens is 489 g/mol. The highest BCUT2D eigenvalue weighted by Crippen LogP contribution is 2.41. The van der Waals surface area contributed by atoms with Gasteiger partial charge >= 0.3 is 5.97 Å². The van der Waals surface area contributed by atoms with Gasteiger partial charge in [0.15, 0.2) is 0 Å². The van der Waals surface area contributed by atoms with Gasteiger partial charge in [0.1, 0.15) is 10.8 Å². The van der Waals surface area contributed by atoms with Crippen molar-refractivity contribution in [2.24, 2.45) is 0 Å². The first-order valence-corrected chi connectivity index (χ1v) is 13.0. The van der Waals surface area contributed by atoms with E-state index < -0.39 is 5.97 Å². The zero-order valence-electron chi connectivity index (χ0n) is 20.0. The number of anilines is 1. The zero-order valence-corrected chi connectivity index (χ0v) is 20.9. The van der Waals surface area contributed by atoms with Crippen LogP contribution in [-0.2, 0) is 17.8 Å². The van der Waals surface area contributed by atoms with Crippen LogP contribution in [0.25, 0.3) is 11.3 Å². The molecule has 5 rings (SSSR count). The summed E-state index contributed by atoms with van der Waals surface area (Å²) in [6, 6.07) is 20.2. The number of benzene rings is 3. The molecule has 3 N–H and O–H groups in total. The quantitative estimate of drug-likeness (QED) is 0.260. The molecule has 1 atom stereocenters. The Morgan fingerprint density at radius 3 is 2.59 bits per heavy atom. The molecule has 37 heavy (non-hydrogen) atoms. The lowest BCUT2D eigenvalue weighted by Crippen LogP contribution is -2.25. The van der Waals surface area contributed by atoms with Crippen molar-refractivity contribution in [1.82, 2.24) is 10.3 Å². The fourth-order valence-electron chi connectivity index (χ4n) is 4.55. The Morgan fingerprint density at radius 2 is 1.84 bits per heavy atom. The Kier molecular flexibility index (Phi) is 7.28. The SMILES string of the molecule is O=C(O)CCNC(=O)c1ccc(CNc2ccc3c(c2)CCC3c2nc(-c3ccc(F)cc3)cs2)cc1. The van der Waals surface area contributed by atoms with Crippen LogP contribution in [-0.4, -0.2) is 28.5 Å². The number of carboxylic acid groups (broad SMARTS) is 1. The Morgan fingerprint density at radius 1 is 1.05 bits per heavy atom. The molecule has 1 amide bonds. The van der Waals surface area contributed by atoms with E-state index in [0.29, 0.717) is 12.1 Å². The molecule has 0 aliphatic heterocycles. The Hall–Kier alpha value is -4.04. The average molecular weight is 516 g/mol. The van der Waals surface area contributed by atoms with Crippen LogP contribution in [0.5, 0.6) is 0 Å². The molecule has 1 aromatic heterocycles. The van der Waals surface area contributed by atoms with Gasteiger partial charge in [0.05, 0.1) is 12.1 Å². The number of halogens is 1. The van der Waals surface area contributed by atoms with Gasteiger partial charge in [-0.25, -0.2) is 9.37 Å². The lowest BCUT2D eigenvalue weighted by Gasteiger charge is -2.12. The van der Waals surface area contributed by atoms with Crippen LogP contribution in [0.15, 0.2) is 72.1 Å². The van der Waals surface area contributed by atoms with Gasteiger partial charge in [-0.15, -0.1) is 11.3 Å². The van der Waals surface area contributed by atoms with Crippen LogP contribution < -0.4 is 10.6 Å². The minimum Gasteiger partial charge on any atom is -0.481 e. The Labute approximate surface area is 218 Å². The van der Waals surface area contributed by atoms with Gasteiger partial charge in [-0.2, -0.15) is 0 Å². The first-order chi connectivity index (χ1) is 18.0. The molecule has 1 heterocycles. The molecule has 1 aliphatic rings. The third kappa shape index (κ3) is 5.86. The van der Waals surface area contributed by atoms with Crippen molar-refractivity contribution in [3.05, 3.63) is 105 Å². The van der Waals surface area contributed by atoms with Crippen molar-refractivity contribution in [3.8, 4) is 11.3 Å². The molecular formula is C29H26FN3O3S. The van der Waals surface area contributed by atoms with Gasteiger partial charge in [-0.1, -0.05) is 18.2 Å². The number of rotatable bonds is 9. The zero-order chi connectivity index (χ0) is 25.8. The average Bonchev–Trinajstić information content (AvgIpc) is 3.55. The fraction of sp³-hybridized carbons (Fsp3) is 0.207. The summed E-state index contributed by atoms with van der Waals surface area (Å²) in [6.07, 6.45) is 1.91.